The standard InChI is InChI=1S/C20H21F2N3O4/c21-20(22)29-16-6-4-5-14(11-16)13-23-19(26)17-12-15(25(27)28)7-8-18(17)24-9-2-1-3-10-24/h4-8,11-12,20H,1-3,9-10,13H2,(H,23,26). The molecule has 0 bridgehead atoms. The topological polar surface area (TPSA) is 84.7 Å². The molecule has 0 aliphatic carbocycles. The number of halogens is 2. The number of ether oxygens (including phenoxy) is 1. The molecule has 154 valence electrons. The fourth-order valence-corrected chi connectivity index (χ4v) is 3.34. The van der Waals surface area contributed by atoms with Gasteiger partial charge in [0, 0.05) is 31.8 Å². The molecule has 0 aromatic heterocycles. The van der Waals surface area contributed by atoms with E-state index in [1.165, 1.54) is 24.3 Å². The van der Waals surface area contributed by atoms with E-state index in [-0.39, 0.29) is 23.5 Å². The second kappa shape index (κ2) is 9.31. The number of benzene rings is 2. The molecule has 2 aromatic carbocycles. The van der Waals surface area contributed by atoms with Gasteiger partial charge in [-0.1, -0.05) is 12.1 Å². The van der Waals surface area contributed by atoms with E-state index in [1.54, 1.807) is 18.2 Å². The molecule has 1 aliphatic heterocycles. The lowest BCUT2D eigenvalue weighted by atomic mass is 10.1. The molecule has 3 rings (SSSR count). The summed E-state index contributed by atoms with van der Waals surface area (Å²) >= 11 is 0. The highest BCUT2D eigenvalue weighted by Gasteiger charge is 2.21. The van der Waals surface area contributed by atoms with Crippen LogP contribution < -0.4 is 15.0 Å². The van der Waals surface area contributed by atoms with Crippen molar-refractivity contribution < 1.29 is 23.2 Å². The summed E-state index contributed by atoms with van der Waals surface area (Å²) in [5.41, 5.74) is 1.29. The number of non-ortho nitro benzene ring substituents is 1. The van der Waals surface area contributed by atoms with Crippen LogP contribution in [-0.2, 0) is 6.54 Å². The normalized spacial score (nSPS) is 14.0. The number of nitrogens with zero attached hydrogens (tertiary/aromatic N) is 2. The fraction of sp³-hybridized carbons (Fsp3) is 0.350. The van der Waals surface area contributed by atoms with Gasteiger partial charge in [0.15, 0.2) is 0 Å². The Bertz CT molecular complexity index is 886. The average Bonchev–Trinajstić information content (AvgIpc) is 2.72. The minimum absolute atomic E-state index is 0.00361. The first-order valence-electron chi connectivity index (χ1n) is 9.29. The maximum absolute atomic E-state index is 12.8. The largest absolute Gasteiger partial charge is 0.435 e. The smallest absolute Gasteiger partial charge is 0.387 e. The van der Waals surface area contributed by atoms with E-state index >= 15 is 0 Å². The van der Waals surface area contributed by atoms with Gasteiger partial charge in [0.05, 0.1) is 16.2 Å². The number of anilines is 1. The Morgan fingerprint density at radius 3 is 2.62 bits per heavy atom. The summed E-state index contributed by atoms with van der Waals surface area (Å²) in [7, 11) is 0. The molecule has 0 radical (unpaired) electrons. The van der Waals surface area contributed by atoms with E-state index in [1.807, 2.05) is 0 Å². The number of nitro groups is 1. The third-order valence-corrected chi connectivity index (χ3v) is 4.71. The van der Waals surface area contributed by atoms with E-state index < -0.39 is 17.4 Å². The van der Waals surface area contributed by atoms with Gasteiger partial charge in [-0.3, -0.25) is 14.9 Å². The zero-order valence-electron chi connectivity index (χ0n) is 15.6. The number of alkyl halides is 2. The highest BCUT2D eigenvalue weighted by atomic mass is 19.3. The Hall–Kier alpha value is -3.23. The van der Waals surface area contributed by atoms with Crippen LogP contribution in [0.2, 0.25) is 0 Å². The minimum atomic E-state index is -2.93. The number of carbonyl (C=O) groups excluding carboxylic acids is 1. The van der Waals surface area contributed by atoms with Crippen molar-refractivity contribution in [3.8, 4) is 5.75 Å². The molecular formula is C20H21F2N3O4. The average molecular weight is 405 g/mol. The fourth-order valence-electron chi connectivity index (χ4n) is 3.34. The summed E-state index contributed by atoms with van der Waals surface area (Å²) in [4.78, 5) is 25.5. The Labute approximate surface area is 166 Å². The summed E-state index contributed by atoms with van der Waals surface area (Å²) in [6, 6.07) is 10.3. The predicted octanol–water partition coefficient (Wildman–Crippen LogP) is 4.12. The lowest BCUT2D eigenvalue weighted by molar-refractivity contribution is -0.384. The van der Waals surface area contributed by atoms with Gasteiger partial charge in [-0.25, -0.2) is 0 Å². The van der Waals surface area contributed by atoms with Crippen molar-refractivity contribution in [3.63, 3.8) is 0 Å². The van der Waals surface area contributed by atoms with Gasteiger partial charge in [0.2, 0.25) is 0 Å². The first kappa shape index (κ1) is 20.5. The third kappa shape index (κ3) is 5.40. The maximum Gasteiger partial charge on any atom is 0.387 e. The summed E-state index contributed by atoms with van der Waals surface area (Å²) in [6.07, 6.45) is 3.10. The van der Waals surface area contributed by atoms with E-state index in [4.69, 9.17) is 0 Å². The molecule has 1 aliphatic rings. The van der Waals surface area contributed by atoms with Gasteiger partial charge in [-0.05, 0) is 43.0 Å². The number of nitrogens with one attached hydrogen (secondary N) is 1. The monoisotopic (exact) mass is 405 g/mol. The Balaban J connectivity index is 1.78. The molecule has 0 saturated carbocycles. The molecule has 1 saturated heterocycles. The third-order valence-electron chi connectivity index (χ3n) is 4.71. The van der Waals surface area contributed by atoms with Crippen molar-refractivity contribution in [2.24, 2.45) is 0 Å². The number of hydrogen-bond acceptors (Lipinski definition) is 5. The van der Waals surface area contributed by atoms with E-state index in [2.05, 4.69) is 15.0 Å². The summed E-state index contributed by atoms with van der Waals surface area (Å²) < 4.78 is 29.1. The van der Waals surface area contributed by atoms with E-state index in [9.17, 15) is 23.7 Å². The molecule has 1 amide bonds. The first-order chi connectivity index (χ1) is 13.9. The predicted molar refractivity (Wildman–Crippen MR) is 103 cm³/mol. The molecule has 1 N–H and O–H groups in total. The van der Waals surface area contributed by atoms with Crippen LogP contribution in [0.1, 0.15) is 35.2 Å². The van der Waals surface area contributed by atoms with Crippen LogP contribution in [0.4, 0.5) is 20.2 Å². The van der Waals surface area contributed by atoms with Crippen molar-refractivity contribution in [2.75, 3.05) is 18.0 Å². The Morgan fingerprint density at radius 2 is 1.93 bits per heavy atom. The molecule has 0 spiro atoms. The van der Waals surface area contributed by atoms with Gasteiger partial charge in [0.1, 0.15) is 5.75 Å². The van der Waals surface area contributed by atoms with Crippen LogP contribution in [0.15, 0.2) is 42.5 Å². The van der Waals surface area contributed by atoms with Crippen molar-refractivity contribution >= 4 is 17.3 Å². The highest BCUT2D eigenvalue weighted by Crippen LogP contribution is 2.28. The molecule has 1 heterocycles. The van der Waals surface area contributed by atoms with Crippen molar-refractivity contribution in [2.45, 2.75) is 32.4 Å². The molecule has 7 nitrogen and oxygen atoms in total. The minimum Gasteiger partial charge on any atom is -0.435 e. The van der Waals surface area contributed by atoms with Crippen LogP contribution >= 0.6 is 0 Å². The summed E-state index contributed by atoms with van der Waals surface area (Å²) in [6.45, 7) is -1.30. The molecule has 9 heteroatoms. The van der Waals surface area contributed by atoms with Crippen LogP contribution in [-0.4, -0.2) is 30.5 Å². The van der Waals surface area contributed by atoms with Gasteiger partial charge < -0.3 is 15.0 Å². The molecule has 29 heavy (non-hydrogen) atoms. The SMILES string of the molecule is O=C(NCc1cccc(OC(F)F)c1)c1cc([N+](=O)[O-])ccc1N1CCCCC1. The first-order valence-corrected chi connectivity index (χ1v) is 9.29. The van der Waals surface area contributed by atoms with Crippen LogP contribution in [0.5, 0.6) is 5.75 Å². The van der Waals surface area contributed by atoms with Crippen molar-refractivity contribution in [1.29, 1.82) is 0 Å². The Kier molecular flexibility index (Phi) is 6.58. The Morgan fingerprint density at radius 1 is 1.17 bits per heavy atom. The zero-order chi connectivity index (χ0) is 20.8. The second-order valence-electron chi connectivity index (χ2n) is 6.71. The lowest BCUT2D eigenvalue weighted by Crippen LogP contribution is -2.32. The number of nitro benzene ring substituents is 1. The van der Waals surface area contributed by atoms with E-state index in [0.29, 0.717) is 11.3 Å². The van der Waals surface area contributed by atoms with Gasteiger partial charge in [-0.15, -0.1) is 0 Å². The number of piperidine rings is 1. The van der Waals surface area contributed by atoms with Crippen LogP contribution in [0, 0.1) is 10.1 Å². The number of carbonyl (C=O) groups is 1. The molecular weight excluding hydrogens is 384 g/mol. The van der Waals surface area contributed by atoms with Gasteiger partial charge >= 0.3 is 6.61 Å². The molecule has 0 unspecified atom stereocenters. The summed E-state index contributed by atoms with van der Waals surface area (Å²) in [5.74, 6) is -0.467. The second-order valence-corrected chi connectivity index (χ2v) is 6.71. The van der Waals surface area contributed by atoms with Gasteiger partial charge in [-0.2, -0.15) is 8.78 Å². The lowest BCUT2D eigenvalue weighted by Gasteiger charge is -2.30. The van der Waals surface area contributed by atoms with Crippen molar-refractivity contribution in [3.05, 3.63) is 63.7 Å². The quantitative estimate of drug-likeness (QED) is 0.553. The summed E-state index contributed by atoms with van der Waals surface area (Å²) in [5, 5.41) is 13.9. The number of hydrogen-bond donors (Lipinski definition) is 1. The number of rotatable bonds is 7. The van der Waals surface area contributed by atoms with Crippen LogP contribution in [0.25, 0.3) is 0 Å². The molecule has 2 aromatic rings. The van der Waals surface area contributed by atoms with Gasteiger partial charge in [0.25, 0.3) is 11.6 Å². The van der Waals surface area contributed by atoms with Crippen LogP contribution in [0.3, 0.4) is 0 Å². The van der Waals surface area contributed by atoms with E-state index in [0.717, 1.165) is 32.4 Å². The molecule has 0 atom stereocenters. The zero-order valence-corrected chi connectivity index (χ0v) is 15.6. The number of amides is 1. The maximum atomic E-state index is 12.8. The molecule has 1 fully saturated rings. The van der Waals surface area contributed by atoms with Crippen molar-refractivity contribution in [1.82, 2.24) is 5.32 Å². The highest BCUT2D eigenvalue weighted by molar-refractivity contribution is 6.00.